The van der Waals surface area contributed by atoms with E-state index < -0.39 is 0 Å². The van der Waals surface area contributed by atoms with E-state index in [-0.39, 0.29) is 0 Å². The summed E-state index contributed by atoms with van der Waals surface area (Å²) in [5.41, 5.74) is 5.49. The fraction of sp³-hybridized carbons (Fsp3) is 0.700. The van der Waals surface area contributed by atoms with Crippen LogP contribution in [0.4, 0.5) is 0 Å². The van der Waals surface area contributed by atoms with E-state index in [0.717, 1.165) is 38.4 Å². The first kappa shape index (κ1) is 11.2. The topological polar surface area (TPSA) is 53.1 Å². The van der Waals surface area contributed by atoms with Crippen LogP contribution in [-0.2, 0) is 17.7 Å². The maximum absolute atomic E-state index is 5.49. The zero-order chi connectivity index (χ0) is 10.2. The maximum atomic E-state index is 5.49. The summed E-state index contributed by atoms with van der Waals surface area (Å²) in [6.07, 6.45) is 5.70. The zero-order valence-electron chi connectivity index (χ0n) is 8.78. The zero-order valence-corrected chi connectivity index (χ0v) is 8.78. The van der Waals surface area contributed by atoms with Crippen molar-refractivity contribution in [3.63, 3.8) is 0 Å². The van der Waals surface area contributed by atoms with Crippen LogP contribution in [0.1, 0.15) is 19.2 Å². The van der Waals surface area contributed by atoms with Gasteiger partial charge in [0.2, 0.25) is 0 Å². The third-order valence-corrected chi connectivity index (χ3v) is 2.06. The second kappa shape index (κ2) is 6.56. The predicted molar refractivity (Wildman–Crippen MR) is 56.1 cm³/mol. The van der Waals surface area contributed by atoms with Crippen molar-refractivity contribution < 1.29 is 4.74 Å². The van der Waals surface area contributed by atoms with Crippen molar-refractivity contribution in [3.05, 3.63) is 18.2 Å². The van der Waals surface area contributed by atoms with Crippen LogP contribution in [0.3, 0.4) is 0 Å². The Bertz CT molecular complexity index is 247. The first-order chi connectivity index (χ1) is 6.88. The van der Waals surface area contributed by atoms with E-state index in [2.05, 4.69) is 9.55 Å². The summed E-state index contributed by atoms with van der Waals surface area (Å²) in [5.74, 6) is 1.07. The summed E-state index contributed by atoms with van der Waals surface area (Å²) >= 11 is 0. The minimum Gasteiger partial charge on any atom is -0.382 e. The summed E-state index contributed by atoms with van der Waals surface area (Å²) in [6.45, 7) is 5.24. The molecule has 1 rings (SSSR count). The highest BCUT2D eigenvalue weighted by Gasteiger charge is 2.00. The lowest BCUT2D eigenvalue weighted by atomic mass is 10.4. The SMILES string of the molecule is CCOCCCn1ccnc1CCN. The Kier molecular flexibility index (Phi) is 5.25. The van der Waals surface area contributed by atoms with Gasteiger partial charge in [0.25, 0.3) is 0 Å². The highest BCUT2D eigenvalue weighted by atomic mass is 16.5. The molecule has 0 bridgehead atoms. The van der Waals surface area contributed by atoms with Crippen LogP contribution in [0.2, 0.25) is 0 Å². The van der Waals surface area contributed by atoms with Gasteiger partial charge in [0, 0.05) is 38.6 Å². The predicted octanol–water partition coefficient (Wildman–Crippen LogP) is 0.811. The van der Waals surface area contributed by atoms with E-state index in [1.54, 1.807) is 0 Å². The molecule has 2 N–H and O–H groups in total. The first-order valence-corrected chi connectivity index (χ1v) is 5.16. The smallest absolute Gasteiger partial charge is 0.109 e. The van der Waals surface area contributed by atoms with Gasteiger partial charge in [0.05, 0.1) is 0 Å². The number of ether oxygens (including phenoxy) is 1. The Labute approximate surface area is 85.1 Å². The highest BCUT2D eigenvalue weighted by molar-refractivity contribution is 4.92. The van der Waals surface area contributed by atoms with Crippen molar-refractivity contribution in [1.82, 2.24) is 9.55 Å². The van der Waals surface area contributed by atoms with Crippen LogP contribution in [-0.4, -0.2) is 29.3 Å². The fourth-order valence-corrected chi connectivity index (χ4v) is 1.38. The number of aromatic nitrogens is 2. The summed E-state index contributed by atoms with van der Waals surface area (Å²) in [6, 6.07) is 0. The summed E-state index contributed by atoms with van der Waals surface area (Å²) < 4.78 is 7.42. The van der Waals surface area contributed by atoms with Crippen molar-refractivity contribution in [2.24, 2.45) is 5.73 Å². The third kappa shape index (κ3) is 3.47. The number of aryl methyl sites for hydroxylation is 1. The number of rotatable bonds is 7. The van der Waals surface area contributed by atoms with Gasteiger partial charge in [-0.1, -0.05) is 0 Å². The second-order valence-corrected chi connectivity index (χ2v) is 3.13. The summed E-state index contributed by atoms with van der Waals surface area (Å²) in [7, 11) is 0. The van der Waals surface area contributed by atoms with Crippen LogP contribution in [0.25, 0.3) is 0 Å². The molecular weight excluding hydrogens is 178 g/mol. The Morgan fingerprint density at radius 1 is 1.57 bits per heavy atom. The fourth-order valence-electron chi connectivity index (χ4n) is 1.38. The Balaban J connectivity index is 2.30. The summed E-state index contributed by atoms with van der Waals surface area (Å²) in [5, 5.41) is 0. The minimum absolute atomic E-state index is 0.655. The largest absolute Gasteiger partial charge is 0.382 e. The number of nitrogens with two attached hydrogens (primary N) is 1. The van der Waals surface area contributed by atoms with Crippen LogP contribution in [0, 0.1) is 0 Å². The maximum Gasteiger partial charge on any atom is 0.109 e. The Morgan fingerprint density at radius 2 is 2.43 bits per heavy atom. The number of hydrogen-bond donors (Lipinski definition) is 1. The van der Waals surface area contributed by atoms with Gasteiger partial charge in [0.15, 0.2) is 0 Å². The van der Waals surface area contributed by atoms with Crippen molar-refractivity contribution in [3.8, 4) is 0 Å². The van der Waals surface area contributed by atoms with Gasteiger partial charge >= 0.3 is 0 Å². The van der Waals surface area contributed by atoms with Crippen LogP contribution < -0.4 is 5.73 Å². The molecule has 0 amide bonds. The van der Waals surface area contributed by atoms with E-state index in [1.807, 2.05) is 19.3 Å². The van der Waals surface area contributed by atoms with Crippen LogP contribution in [0.15, 0.2) is 12.4 Å². The Hall–Kier alpha value is -0.870. The van der Waals surface area contributed by atoms with Gasteiger partial charge < -0.3 is 15.0 Å². The van der Waals surface area contributed by atoms with Gasteiger partial charge in [0.1, 0.15) is 5.82 Å². The molecule has 0 spiro atoms. The van der Waals surface area contributed by atoms with E-state index in [0.29, 0.717) is 6.54 Å². The number of nitrogens with zero attached hydrogens (tertiary/aromatic N) is 2. The molecule has 4 heteroatoms. The van der Waals surface area contributed by atoms with Crippen molar-refractivity contribution in [2.45, 2.75) is 26.3 Å². The average molecular weight is 197 g/mol. The lowest BCUT2D eigenvalue weighted by Crippen LogP contribution is -2.11. The quantitative estimate of drug-likeness (QED) is 0.658. The second-order valence-electron chi connectivity index (χ2n) is 3.13. The molecule has 0 aliphatic carbocycles. The van der Waals surface area contributed by atoms with Crippen molar-refractivity contribution >= 4 is 0 Å². The van der Waals surface area contributed by atoms with Gasteiger partial charge in [-0.25, -0.2) is 4.98 Å². The molecule has 0 aliphatic rings. The molecule has 14 heavy (non-hydrogen) atoms. The molecule has 0 saturated heterocycles. The molecule has 0 aromatic carbocycles. The molecule has 0 fully saturated rings. The van der Waals surface area contributed by atoms with Gasteiger partial charge in [-0.15, -0.1) is 0 Å². The lowest BCUT2D eigenvalue weighted by Gasteiger charge is -2.06. The minimum atomic E-state index is 0.655. The molecule has 80 valence electrons. The average Bonchev–Trinajstić information content (AvgIpc) is 2.61. The summed E-state index contributed by atoms with van der Waals surface area (Å²) in [4.78, 5) is 4.25. The molecule has 0 saturated carbocycles. The molecule has 0 aliphatic heterocycles. The van der Waals surface area contributed by atoms with Crippen molar-refractivity contribution in [2.75, 3.05) is 19.8 Å². The highest BCUT2D eigenvalue weighted by Crippen LogP contribution is 2.00. The normalized spacial score (nSPS) is 10.7. The van der Waals surface area contributed by atoms with Gasteiger partial charge in [-0.2, -0.15) is 0 Å². The molecule has 0 atom stereocenters. The van der Waals surface area contributed by atoms with Gasteiger partial charge in [-0.3, -0.25) is 0 Å². The van der Waals surface area contributed by atoms with E-state index in [9.17, 15) is 0 Å². The molecule has 1 aromatic rings. The molecular formula is C10H19N3O. The molecule has 0 radical (unpaired) electrons. The van der Waals surface area contributed by atoms with Crippen molar-refractivity contribution in [1.29, 1.82) is 0 Å². The molecule has 1 heterocycles. The molecule has 1 aromatic heterocycles. The van der Waals surface area contributed by atoms with E-state index in [1.165, 1.54) is 0 Å². The van der Waals surface area contributed by atoms with E-state index in [4.69, 9.17) is 10.5 Å². The van der Waals surface area contributed by atoms with Crippen LogP contribution >= 0.6 is 0 Å². The van der Waals surface area contributed by atoms with Crippen LogP contribution in [0.5, 0.6) is 0 Å². The first-order valence-electron chi connectivity index (χ1n) is 5.16. The van der Waals surface area contributed by atoms with Gasteiger partial charge in [-0.05, 0) is 19.9 Å². The lowest BCUT2D eigenvalue weighted by molar-refractivity contribution is 0.141. The number of imidazole rings is 1. The monoisotopic (exact) mass is 197 g/mol. The molecule has 0 unspecified atom stereocenters. The number of hydrogen-bond acceptors (Lipinski definition) is 3. The molecule has 4 nitrogen and oxygen atoms in total. The third-order valence-electron chi connectivity index (χ3n) is 2.06. The standard InChI is InChI=1S/C10H19N3O/c1-2-14-9-3-7-13-8-6-12-10(13)4-5-11/h6,8H,2-5,7,9,11H2,1H3. The Morgan fingerprint density at radius 3 is 3.14 bits per heavy atom. The van der Waals surface area contributed by atoms with E-state index >= 15 is 0 Å².